The quantitative estimate of drug-likeness (QED) is 0.559. The summed E-state index contributed by atoms with van der Waals surface area (Å²) in [7, 11) is -2.04. The number of halogens is 1. The number of sulfonamides is 1. The monoisotopic (exact) mass is 422 g/mol. The number of benzene rings is 2. The van der Waals surface area contributed by atoms with Crippen molar-refractivity contribution in [3.8, 4) is 5.75 Å². The number of para-hydroxylation sites is 2. The summed E-state index contributed by atoms with van der Waals surface area (Å²) < 4.78 is 33.8. The molecule has 1 atom stereocenters. The van der Waals surface area contributed by atoms with Gasteiger partial charge in [0.15, 0.2) is 0 Å². The first kappa shape index (κ1) is 19.7. The average molecular weight is 423 g/mol. The van der Waals surface area contributed by atoms with Crippen LogP contribution in [0.4, 0.5) is 5.69 Å². The topological polar surface area (TPSA) is 67.4 Å². The van der Waals surface area contributed by atoms with E-state index in [1.165, 1.54) is 6.07 Å². The Morgan fingerprint density at radius 2 is 1.74 bits per heavy atom. The van der Waals surface area contributed by atoms with Crippen molar-refractivity contribution in [3.05, 3.63) is 76.6 Å². The molecule has 27 heavy (non-hydrogen) atoms. The Bertz CT molecular complexity index is 991. The van der Waals surface area contributed by atoms with Crippen LogP contribution >= 0.6 is 22.9 Å². The van der Waals surface area contributed by atoms with E-state index in [2.05, 4.69) is 10.0 Å². The molecule has 0 unspecified atom stereocenters. The summed E-state index contributed by atoms with van der Waals surface area (Å²) in [4.78, 5) is 0. The van der Waals surface area contributed by atoms with Gasteiger partial charge in [0.25, 0.3) is 0 Å². The van der Waals surface area contributed by atoms with Crippen LogP contribution < -0.4 is 14.8 Å². The number of methoxy groups -OCH3 is 1. The van der Waals surface area contributed by atoms with Gasteiger partial charge in [-0.15, -0.1) is 11.3 Å². The first-order chi connectivity index (χ1) is 13.0. The summed E-state index contributed by atoms with van der Waals surface area (Å²) in [5.41, 5.74) is 1.74. The van der Waals surface area contributed by atoms with Gasteiger partial charge in [-0.2, -0.15) is 0 Å². The van der Waals surface area contributed by atoms with E-state index < -0.39 is 10.0 Å². The third-order valence-electron chi connectivity index (χ3n) is 3.93. The molecule has 3 rings (SSSR count). The lowest BCUT2D eigenvalue weighted by Gasteiger charge is -2.22. The second-order valence-corrected chi connectivity index (χ2v) is 9.43. The Kier molecular flexibility index (Phi) is 6.38. The molecule has 3 aromatic rings. The number of anilines is 1. The smallest absolute Gasteiger partial charge is 0.250 e. The maximum Gasteiger partial charge on any atom is 0.250 e. The minimum absolute atomic E-state index is 0.167. The Morgan fingerprint density at radius 3 is 2.41 bits per heavy atom. The molecule has 0 aliphatic heterocycles. The van der Waals surface area contributed by atoms with Gasteiger partial charge in [0.05, 0.1) is 23.2 Å². The Labute approximate surface area is 168 Å². The highest BCUT2D eigenvalue weighted by atomic mass is 35.5. The average Bonchev–Trinajstić information content (AvgIpc) is 3.13. The minimum atomic E-state index is -3.64. The molecule has 2 N–H and O–H groups in total. The molecular weight excluding hydrogens is 404 g/mol. The molecule has 0 saturated heterocycles. The van der Waals surface area contributed by atoms with Gasteiger partial charge in [-0.05, 0) is 29.8 Å². The zero-order valence-electron chi connectivity index (χ0n) is 14.6. The third-order valence-corrected chi connectivity index (χ3v) is 7.08. The highest BCUT2D eigenvalue weighted by Gasteiger charge is 2.20. The van der Waals surface area contributed by atoms with E-state index >= 15 is 0 Å². The van der Waals surface area contributed by atoms with Crippen molar-refractivity contribution in [2.24, 2.45) is 0 Å². The van der Waals surface area contributed by atoms with Crippen LogP contribution in [-0.4, -0.2) is 22.1 Å². The van der Waals surface area contributed by atoms with Gasteiger partial charge in [-0.25, -0.2) is 13.1 Å². The van der Waals surface area contributed by atoms with Gasteiger partial charge in [0.2, 0.25) is 10.0 Å². The fraction of sp³-hybridized carbons (Fsp3) is 0.158. The van der Waals surface area contributed by atoms with Crippen molar-refractivity contribution in [1.82, 2.24) is 4.72 Å². The van der Waals surface area contributed by atoms with Crippen LogP contribution in [-0.2, 0) is 10.0 Å². The molecule has 0 spiro atoms. The van der Waals surface area contributed by atoms with Gasteiger partial charge < -0.3 is 10.1 Å². The van der Waals surface area contributed by atoms with Crippen molar-refractivity contribution in [3.63, 3.8) is 0 Å². The fourth-order valence-electron chi connectivity index (χ4n) is 2.60. The molecule has 2 aromatic carbocycles. The van der Waals surface area contributed by atoms with Crippen molar-refractivity contribution >= 4 is 38.6 Å². The van der Waals surface area contributed by atoms with Gasteiger partial charge in [0.1, 0.15) is 9.96 Å². The maximum atomic E-state index is 12.5. The molecular formula is C19H19ClN2O3S2. The van der Waals surface area contributed by atoms with E-state index in [9.17, 15) is 8.42 Å². The summed E-state index contributed by atoms with van der Waals surface area (Å²) in [5.74, 6) is 0.686. The lowest BCUT2D eigenvalue weighted by molar-refractivity contribution is 0.416. The number of ether oxygens (including phenoxy) is 1. The zero-order chi connectivity index (χ0) is 19.3. The Morgan fingerprint density at radius 1 is 1.04 bits per heavy atom. The van der Waals surface area contributed by atoms with Crippen LogP contribution in [0.2, 0.25) is 4.34 Å². The van der Waals surface area contributed by atoms with Crippen LogP contribution in [0.25, 0.3) is 0 Å². The first-order valence-corrected chi connectivity index (χ1v) is 10.9. The van der Waals surface area contributed by atoms with Crippen molar-refractivity contribution in [1.29, 1.82) is 0 Å². The Hall–Kier alpha value is -2.06. The third kappa shape index (κ3) is 5.01. The molecule has 0 amide bonds. The molecule has 0 bridgehead atoms. The molecule has 0 aliphatic carbocycles. The lowest BCUT2D eigenvalue weighted by Crippen LogP contribution is -2.31. The summed E-state index contributed by atoms with van der Waals surface area (Å²) in [6.07, 6.45) is 0. The molecule has 8 heteroatoms. The van der Waals surface area contributed by atoms with Crippen LogP contribution in [0.1, 0.15) is 11.6 Å². The molecule has 0 fully saturated rings. The van der Waals surface area contributed by atoms with E-state index in [1.807, 2.05) is 54.6 Å². The second-order valence-electron chi connectivity index (χ2n) is 5.72. The fourth-order valence-corrected chi connectivity index (χ4v) is 5.17. The molecule has 0 saturated carbocycles. The largest absolute Gasteiger partial charge is 0.495 e. The molecule has 0 radical (unpaired) electrons. The summed E-state index contributed by atoms with van der Waals surface area (Å²) in [6, 6.07) is 19.9. The van der Waals surface area contributed by atoms with Crippen LogP contribution in [0.15, 0.2) is 70.9 Å². The van der Waals surface area contributed by atoms with Crippen molar-refractivity contribution in [2.75, 3.05) is 19.0 Å². The molecule has 5 nitrogen and oxygen atoms in total. The molecule has 1 heterocycles. The van der Waals surface area contributed by atoms with E-state index in [-0.39, 0.29) is 16.8 Å². The number of nitrogens with one attached hydrogen (secondary N) is 2. The van der Waals surface area contributed by atoms with Crippen LogP contribution in [0, 0.1) is 0 Å². The van der Waals surface area contributed by atoms with Gasteiger partial charge >= 0.3 is 0 Å². The number of rotatable bonds is 8. The van der Waals surface area contributed by atoms with Crippen molar-refractivity contribution < 1.29 is 13.2 Å². The first-order valence-electron chi connectivity index (χ1n) is 8.19. The summed E-state index contributed by atoms with van der Waals surface area (Å²) in [6.45, 7) is 0.167. The maximum absolute atomic E-state index is 12.5. The molecule has 142 valence electrons. The van der Waals surface area contributed by atoms with Crippen LogP contribution in [0.3, 0.4) is 0 Å². The zero-order valence-corrected chi connectivity index (χ0v) is 16.9. The lowest BCUT2D eigenvalue weighted by atomic mass is 10.1. The standard InChI is InChI=1S/C19H19ClN2O3S2/c1-25-17-10-6-5-9-15(17)22-16(14-7-3-2-4-8-14)13-21-27(23,24)19-12-11-18(20)26-19/h2-12,16,21-22H,13H2,1H3/t16-/m0/s1. The highest BCUT2D eigenvalue weighted by molar-refractivity contribution is 7.91. The molecule has 0 aliphatic rings. The van der Waals surface area contributed by atoms with Gasteiger partial charge in [0, 0.05) is 6.54 Å². The van der Waals surface area contributed by atoms with Gasteiger partial charge in [-0.3, -0.25) is 0 Å². The van der Waals surface area contributed by atoms with Crippen molar-refractivity contribution in [2.45, 2.75) is 10.3 Å². The highest BCUT2D eigenvalue weighted by Crippen LogP contribution is 2.29. The number of hydrogen-bond acceptors (Lipinski definition) is 5. The second kappa shape index (κ2) is 8.75. The van der Waals surface area contributed by atoms with E-state index in [4.69, 9.17) is 16.3 Å². The Balaban J connectivity index is 1.83. The normalized spacial score (nSPS) is 12.5. The summed E-state index contributed by atoms with van der Waals surface area (Å²) >= 11 is 6.89. The number of hydrogen-bond donors (Lipinski definition) is 2. The predicted octanol–water partition coefficient (Wildman–Crippen LogP) is 4.54. The van der Waals surface area contributed by atoms with E-state index in [0.29, 0.717) is 10.1 Å². The predicted molar refractivity (Wildman–Crippen MR) is 110 cm³/mol. The minimum Gasteiger partial charge on any atom is -0.495 e. The van der Waals surface area contributed by atoms with E-state index in [0.717, 1.165) is 22.6 Å². The van der Waals surface area contributed by atoms with Crippen LogP contribution in [0.5, 0.6) is 5.75 Å². The van der Waals surface area contributed by atoms with E-state index in [1.54, 1.807) is 13.2 Å². The summed E-state index contributed by atoms with van der Waals surface area (Å²) in [5, 5.41) is 3.37. The SMILES string of the molecule is COc1ccccc1N[C@@H](CNS(=O)(=O)c1ccc(Cl)s1)c1ccccc1. The number of thiophene rings is 1. The molecule has 1 aromatic heterocycles. The van der Waals surface area contributed by atoms with Gasteiger partial charge in [-0.1, -0.05) is 54.1 Å².